The SMILES string of the molecule is CN1C2CC[C@@H]1C[C@H](OC(=O)C1CCCCC1)[C@@H]2CBr. The van der Waals surface area contributed by atoms with Gasteiger partial charge < -0.3 is 4.74 Å². The van der Waals surface area contributed by atoms with Crippen LogP contribution in [0.1, 0.15) is 51.4 Å². The summed E-state index contributed by atoms with van der Waals surface area (Å²) in [5, 5.41) is 0.942. The standard InChI is InChI=1S/C16H26BrNO2/c1-18-12-7-8-14(18)13(10-17)15(9-12)20-16(19)11-5-3-2-4-6-11/h11-15H,2-10H2,1H3/t12-,13-,14?,15+/m1/s1. The summed E-state index contributed by atoms with van der Waals surface area (Å²) in [6, 6.07) is 1.22. The van der Waals surface area contributed by atoms with Crippen molar-refractivity contribution in [3.05, 3.63) is 0 Å². The van der Waals surface area contributed by atoms with Crippen molar-refractivity contribution in [3.8, 4) is 0 Å². The molecule has 0 amide bonds. The van der Waals surface area contributed by atoms with Crippen LogP contribution in [0.25, 0.3) is 0 Å². The van der Waals surface area contributed by atoms with Crippen molar-refractivity contribution in [2.24, 2.45) is 11.8 Å². The molecule has 4 heteroatoms. The lowest BCUT2D eigenvalue weighted by atomic mass is 9.87. The number of rotatable bonds is 3. The van der Waals surface area contributed by atoms with Crippen molar-refractivity contribution in [2.75, 3.05) is 12.4 Å². The van der Waals surface area contributed by atoms with E-state index >= 15 is 0 Å². The lowest BCUT2D eigenvalue weighted by Crippen LogP contribution is -2.51. The number of esters is 1. The number of fused-ring (bicyclic) bond motifs is 2. The van der Waals surface area contributed by atoms with Crippen LogP contribution in [0.5, 0.6) is 0 Å². The predicted octanol–water partition coefficient (Wildman–Crippen LogP) is 3.36. The number of carbonyl (C=O) groups is 1. The zero-order valence-electron chi connectivity index (χ0n) is 12.4. The molecular weight excluding hydrogens is 318 g/mol. The third-order valence-corrected chi connectivity index (χ3v) is 6.50. The summed E-state index contributed by atoms with van der Waals surface area (Å²) >= 11 is 3.65. The lowest BCUT2D eigenvalue weighted by Gasteiger charge is -2.42. The maximum absolute atomic E-state index is 12.4. The summed E-state index contributed by atoms with van der Waals surface area (Å²) in [4.78, 5) is 14.9. The van der Waals surface area contributed by atoms with Crippen LogP contribution in [-0.2, 0) is 9.53 Å². The van der Waals surface area contributed by atoms with Gasteiger partial charge in [0.1, 0.15) is 6.10 Å². The van der Waals surface area contributed by atoms with Crippen molar-refractivity contribution in [2.45, 2.75) is 69.6 Å². The van der Waals surface area contributed by atoms with E-state index < -0.39 is 0 Å². The number of piperidine rings is 1. The van der Waals surface area contributed by atoms with Crippen molar-refractivity contribution < 1.29 is 9.53 Å². The second kappa shape index (κ2) is 6.35. The molecule has 0 aromatic rings. The van der Waals surface area contributed by atoms with Crippen molar-refractivity contribution in [1.82, 2.24) is 4.90 Å². The Morgan fingerprint density at radius 1 is 1.20 bits per heavy atom. The molecule has 1 saturated carbocycles. The van der Waals surface area contributed by atoms with Crippen molar-refractivity contribution in [1.29, 1.82) is 0 Å². The van der Waals surface area contributed by atoms with Gasteiger partial charge in [-0.3, -0.25) is 9.69 Å². The van der Waals surface area contributed by atoms with Gasteiger partial charge in [0.15, 0.2) is 0 Å². The van der Waals surface area contributed by atoms with Crippen molar-refractivity contribution >= 4 is 21.9 Å². The molecule has 3 rings (SSSR count). The minimum Gasteiger partial charge on any atom is -0.462 e. The van der Waals surface area contributed by atoms with Crippen LogP contribution < -0.4 is 0 Å². The largest absolute Gasteiger partial charge is 0.462 e. The van der Waals surface area contributed by atoms with E-state index in [1.807, 2.05) is 0 Å². The highest BCUT2D eigenvalue weighted by molar-refractivity contribution is 9.09. The molecule has 0 spiro atoms. The molecule has 2 bridgehead atoms. The molecule has 3 fully saturated rings. The molecule has 114 valence electrons. The fourth-order valence-electron chi connectivity index (χ4n) is 4.45. The zero-order valence-corrected chi connectivity index (χ0v) is 14.0. The van der Waals surface area contributed by atoms with Crippen LogP contribution in [0.3, 0.4) is 0 Å². The number of carbonyl (C=O) groups excluding carboxylic acids is 1. The molecule has 4 atom stereocenters. The lowest BCUT2D eigenvalue weighted by molar-refractivity contribution is -0.162. The summed E-state index contributed by atoms with van der Waals surface area (Å²) < 4.78 is 5.97. The summed E-state index contributed by atoms with van der Waals surface area (Å²) in [6.45, 7) is 0. The number of alkyl halides is 1. The first-order valence-corrected chi connectivity index (χ1v) is 9.31. The van der Waals surface area contributed by atoms with Gasteiger partial charge in [0, 0.05) is 29.8 Å². The second-order valence-corrected chi connectivity index (χ2v) is 7.48. The Bertz CT molecular complexity index is 356. The highest BCUT2D eigenvalue weighted by atomic mass is 79.9. The smallest absolute Gasteiger partial charge is 0.309 e. The molecule has 0 aromatic carbocycles. The molecule has 2 heterocycles. The van der Waals surface area contributed by atoms with Crippen LogP contribution in [0.4, 0.5) is 0 Å². The van der Waals surface area contributed by atoms with Gasteiger partial charge in [-0.05, 0) is 32.7 Å². The molecule has 0 radical (unpaired) electrons. The molecule has 3 nitrogen and oxygen atoms in total. The first-order chi connectivity index (χ1) is 9.70. The first-order valence-electron chi connectivity index (χ1n) is 8.19. The van der Waals surface area contributed by atoms with Gasteiger partial charge >= 0.3 is 5.97 Å². The quantitative estimate of drug-likeness (QED) is 0.581. The van der Waals surface area contributed by atoms with Gasteiger partial charge in [-0.2, -0.15) is 0 Å². The van der Waals surface area contributed by atoms with E-state index in [-0.39, 0.29) is 18.0 Å². The topological polar surface area (TPSA) is 29.5 Å². The van der Waals surface area contributed by atoms with E-state index in [1.165, 1.54) is 32.1 Å². The van der Waals surface area contributed by atoms with Crippen LogP contribution in [0.15, 0.2) is 0 Å². The predicted molar refractivity (Wildman–Crippen MR) is 82.9 cm³/mol. The van der Waals surface area contributed by atoms with Gasteiger partial charge in [0.05, 0.1) is 5.92 Å². The highest BCUT2D eigenvalue weighted by Crippen LogP contribution is 2.40. The number of nitrogens with zero attached hydrogens (tertiary/aromatic N) is 1. The van der Waals surface area contributed by atoms with E-state index in [1.54, 1.807) is 0 Å². The Morgan fingerprint density at radius 3 is 2.65 bits per heavy atom. The van der Waals surface area contributed by atoms with Crippen LogP contribution in [0.2, 0.25) is 0 Å². The first kappa shape index (κ1) is 14.8. The Hall–Kier alpha value is -0.0900. The summed E-state index contributed by atoms with van der Waals surface area (Å²) in [6.07, 6.45) is 9.44. The molecule has 0 N–H and O–H groups in total. The fourth-order valence-corrected chi connectivity index (χ4v) is 5.30. The summed E-state index contributed by atoms with van der Waals surface area (Å²) in [5.74, 6) is 0.730. The number of hydrogen-bond acceptors (Lipinski definition) is 3. The average Bonchev–Trinajstić information content (AvgIpc) is 2.73. The Balaban J connectivity index is 1.62. The van der Waals surface area contributed by atoms with Crippen LogP contribution >= 0.6 is 15.9 Å². The van der Waals surface area contributed by atoms with Gasteiger partial charge in [0.2, 0.25) is 0 Å². The van der Waals surface area contributed by atoms with E-state index in [4.69, 9.17) is 4.74 Å². The minimum atomic E-state index is 0.0876. The number of hydrogen-bond donors (Lipinski definition) is 0. The van der Waals surface area contributed by atoms with Gasteiger partial charge in [-0.25, -0.2) is 0 Å². The average molecular weight is 344 g/mol. The third kappa shape index (κ3) is 2.78. The molecular formula is C16H26BrNO2. The monoisotopic (exact) mass is 343 g/mol. The molecule has 1 unspecified atom stereocenters. The van der Waals surface area contributed by atoms with Gasteiger partial charge in [-0.1, -0.05) is 35.2 Å². The molecule has 20 heavy (non-hydrogen) atoms. The molecule has 1 aliphatic carbocycles. The molecule has 0 aromatic heterocycles. The third-order valence-electron chi connectivity index (χ3n) is 5.76. The maximum atomic E-state index is 12.4. The van der Waals surface area contributed by atoms with Gasteiger partial charge in [-0.15, -0.1) is 0 Å². The number of ether oxygens (including phenoxy) is 1. The van der Waals surface area contributed by atoms with Crippen LogP contribution in [-0.4, -0.2) is 41.4 Å². The molecule has 3 aliphatic rings. The Labute approximate surface area is 130 Å². The molecule has 2 saturated heterocycles. The fraction of sp³-hybridized carbons (Fsp3) is 0.938. The number of halogens is 1. The summed E-state index contributed by atoms with van der Waals surface area (Å²) in [5.41, 5.74) is 0. The van der Waals surface area contributed by atoms with E-state index in [9.17, 15) is 4.79 Å². The van der Waals surface area contributed by atoms with Crippen molar-refractivity contribution in [3.63, 3.8) is 0 Å². The zero-order chi connectivity index (χ0) is 14.1. The maximum Gasteiger partial charge on any atom is 0.309 e. The second-order valence-electron chi connectivity index (χ2n) is 6.83. The minimum absolute atomic E-state index is 0.0876. The normalized spacial score (nSPS) is 38.9. The Kier molecular flexibility index (Phi) is 4.71. The molecule has 2 aliphatic heterocycles. The van der Waals surface area contributed by atoms with Crippen LogP contribution in [0, 0.1) is 11.8 Å². The van der Waals surface area contributed by atoms with Gasteiger partial charge in [0.25, 0.3) is 0 Å². The van der Waals surface area contributed by atoms with E-state index in [2.05, 4.69) is 27.9 Å². The van der Waals surface area contributed by atoms with E-state index in [0.29, 0.717) is 18.0 Å². The summed E-state index contributed by atoms with van der Waals surface area (Å²) in [7, 11) is 2.23. The van der Waals surface area contributed by atoms with E-state index in [0.717, 1.165) is 24.6 Å². The highest BCUT2D eigenvalue weighted by Gasteiger charge is 2.46. The Morgan fingerprint density at radius 2 is 1.95 bits per heavy atom.